The summed E-state index contributed by atoms with van der Waals surface area (Å²) in [5.41, 5.74) is 9.04. The van der Waals surface area contributed by atoms with Gasteiger partial charge in [0.1, 0.15) is 0 Å². The molecule has 0 atom stereocenters. The topological polar surface area (TPSA) is 30.7 Å². The number of benzene rings is 4. The Hall–Kier alpha value is -4.80. The van der Waals surface area contributed by atoms with Crippen molar-refractivity contribution in [2.45, 2.75) is 0 Å². The summed E-state index contributed by atoms with van der Waals surface area (Å²) in [7, 11) is 0. The molecule has 0 aliphatic heterocycles. The molecule has 4 aromatic carbocycles. The molecule has 0 amide bonds. The zero-order chi connectivity index (χ0) is 25.1. The van der Waals surface area contributed by atoms with Crippen molar-refractivity contribution >= 4 is 53.4 Å². The maximum atomic E-state index is 5.04. The molecule has 0 aliphatic rings. The van der Waals surface area contributed by atoms with Gasteiger partial charge in [0.25, 0.3) is 0 Å². The van der Waals surface area contributed by atoms with Crippen LogP contribution < -0.4 is 0 Å². The molecule has 0 N–H and O–H groups in total. The molecule has 8 rings (SSSR count). The van der Waals surface area contributed by atoms with E-state index in [9.17, 15) is 0 Å². The summed E-state index contributed by atoms with van der Waals surface area (Å²) < 4.78 is 4.97. The van der Waals surface area contributed by atoms with Crippen LogP contribution in [-0.2, 0) is 0 Å². The first kappa shape index (κ1) is 21.3. The van der Waals surface area contributed by atoms with Crippen LogP contribution in [0.1, 0.15) is 0 Å². The average molecular weight is 504 g/mol. The van der Waals surface area contributed by atoms with Crippen LogP contribution in [-0.4, -0.2) is 14.5 Å². The van der Waals surface area contributed by atoms with Crippen molar-refractivity contribution in [2.75, 3.05) is 0 Å². The van der Waals surface area contributed by atoms with Crippen molar-refractivity contribution in [2.24, 2.45) is 0 Å². The molecule has 38 heavy (non-hydrogen) atoms. The first-order chi connectivity index (χ1) is 18.8. The fraction of sp³-hybridized carbons (Fsp3) is 0. The van der Waals surface area contributed by atoms with Crippen molar-refractivity contribution in [3.8, 4) is 27.9 Å². The lowest BCUT2D eigenvalue weighted by molar-refractivity contribution is 1.18. The van der Waals surface area contributed by atoms with E-state index in [-0.39, 0.29) is 0 Å². The van der Waals surface area contributed by atoms with Crippen LogP contribution in [0, 0.1) is 0 Å². The Kier molecular flexibility index (Phi) is 4.69. The van der Waals surface area contributed by atoms with Gasteiger partial charge in [-0.15, -0.1) is 11.3 Å². The van der Waals surface area contributed by atoms with E-state index in [4.69, 9.17) is 4.98 Å². The lowest BCUT2D eigenvalue weighted by Gasteiger charge is -2.10. The summed E-state index contributed by atoms with van der Waals surface area (Å²) in [6, 6.07) is 39.0. The predicted octanol–water partition coefficient (Wildman–Crippen LogP) is 9.28. The SMILES string of the molecule is c1ccc(-c2cnc3c4cc5c(cc4n(-c4ccc(-c6ccncc6)cc4)c3c2)sc2ccccc25)cc1. The Bertz CT molecular complexity index is 2110. The van der Waals surface area contributed by atoms with Crippen LogP contribution in [0.4, 0.5) is 0 Å². The van der Waals surface area contributed by atoms with Crippen molar-refractivity contribution in [1.29, 1.82) is 0 Å². The molecule has 8 aromatic rings. The molecule has 0 saturated carbocycles. The number of hydrogen-bond acceptors (Lipinski definition) is 3. The molecule has 0 saturated heterocycles. The van der Waals surface area contributed by atoms with Crippen molar-refractivity contribution in [3.63, 3.8) is 0 Å². The molecule has 4 heteroatoms. The highest BCUT2D eigenvalue weighted by Gasteiger charge is 2.17. The summed E-state index contributed by atoms with van der Waals surface area (Å²) in [6.07, 6.45) is 5.68. The van der Waals surface area contributed by atoms with Gasteiger partial charge in [-0.2, -0.15) is 0 Å². The third-order valence-corrected chi connectivity index (χ3v) is 8.48. The van der Waals surface area contributed by atoms with Gasteiger partial charge in [0.2, 0.25) is 0 Å². The summed E-state index contributed by atoms with van der Waals surface area (Å²) in [4.78, 5) is 9.20. The van der Waals surface area contributed by atoms with E-state index in [1.807, 2.05) is 48.1 Å². The van der Waals surface area contributed by atoms with Gasteiger partial charge in [-0.05, 0) is 65.2 Å². The van der Waals surface area contributed by atoms with E-state index < -0.39 is 0 Å². The van der Waals surface area contributed by atoms with Gasteiger partial charge < -0.3 is 4.57 Å². The zero-order valence-electron chi connectivity index (χ0n) is 20.4. The monoisotopic (exact) mass is 503 g/mol. The lowest BCUT2D eigenvalue weighted by atomic mass is 10.1. The number of aromatic nitrogens is 3. The molecular weight excluding hydrogens is 482 g/mol. The summed E-state index contributed by atoms with van der Waals surface area (Å²) >= 11 is 1.85. The normalized spacial score (nSPS) is 11.7. The van der Waals surface area contributed by atoms with E-state index in [1.165, 1.54) is 42.2 Å². The Morgan fingerprint density at radius 2 is 1.26 bits per heavy atom. The molecule has 178 valence electrons. The number of fused-ring (bicyclic) bond motifs is 6. The van der Waals surface area contributed by atoms with E-state index in [1.54, 1.807) is 0 Å². The van der Waals surface area contributed by atoms with Gasteiger partial charge in [-0.25, -0.2) is 0 Å². The highest BCUT2D eigenvalue weighted by molar-refractivity contribution is 7.25. The second-order valence-corrected chi connectivity index (χ2v) is 10.6. The quantitative estimate of drug-likeness (QED) is 0.240. The third-order valence-electron chi connectivity index (χ3n) is 7.35. The summed E-state index contributed by atoms with van der Waals surface area (Å²) in [5.74, 6) is 0. The van der Waals surface area contributed by atoms with Gasteiger partial charge >= 0.3 is 0 Å². The van der Waals surface area contributed by atoms with Crippen LogP contribution in [0.5, 0.6) is 0 Å². The second-order valence-electron chi connectivity index (χ2n) is 9.54. The molecule has 0 fully saturated rings. The number of nitrogens with zero attached hydrogens (tertiary/aromatic N) is 3. The lowest BCUT2D eigenvalue weighted by Crippen LogP contribution is -1.94. The van der Waals surface area contributed by atoms with E-state index in [0.29, 0.717) is 0 Å². The highest BCUT2D eigenvalue weighted by Crippen LogP contribution is 2.40. The Morgan fingerprint density at radius 1 is 0.526 bits per heavy atom. The molecule has 0 radical (unpaired) electrons. The molecule has 0 spiro atoms. The Balaban J connectivity index is 1.42. The molecule has 4 aromatic heterocycles. The largest absolute Gasteiger partial charge is 0.308 e. The molecule has 3 nitrogen and oxygen atoms in total. The first-order valence-corrected chi connectivity index (χ1v) is 13.5. The van der Waals surface area contributed by atoms with Crippen molar-refractivity contribution in [1.82, 2.24) is 14.5 Å². The van der Waals surface area contributed by atoms with Crippen LogP contribution in [0.2, 0.25) is 0 Å². The van der Waals surface area contributed by atoms with Crippen LogP contribution in [0.3, 0.4) is 0 Å². The van der Waals surface area contributed by atoms with Crippen molar-refractivity contribution < 1.29 is 0 Å². The predicted molar refractivity (Wildman–Crippen MR) is 160 cm³/mol. The smallest absolute Gasteiger partial charge is 0.0964 e. The van der Waals surface area contributed by atoms with Gasteiger partial charge in [0, 0.05) is 55.4 Å². The summed E-state index contributed by atoms with van der Waals surface area (Å²) in [5, 5.41) is 3.77. The standard InChI is InChI=1S/C34H21N3S/c1-2-6-22(7-3-1)25-18-31-34(36-21-25)29-19-28-27-8-4-5-9-32(27)38-33(28)20-30(29)37(31)26-12-10-23(11-13-26)24-14-16-35-17-15-24/h1-21H. The third kappa shape index (κ3) is 3.28. The summed E-state index contributed by atoms with van der Waals surface area (Å²) in [6.45, 7) is 0. The fourth-order valence-corrected chi connectivity index (χ4v) is 6.63. The van der Waals surface area contributed by atoms with Crippen molar-refractivity contribution in [3.05, 3.63) is 128 Å². The highest BCUT2D eigenvalue weighted by atomic mass is 32.1. The number of thiophene rings is 1. The minimum absolute atomic E-state index is 1.02. The molecule has 0 unspecified atom stereocenters. The minimum Gasteiger partial charge on any atom is -0.308 e. The first-order valence-electron chi connectivity index (χ1n) is 12.7. The second kappa shape index (κ2) is 8.37. The maximum absolute atomic E-state index is 5.04. The van der Waals surface area contributed by atoms with E-state index >= 15 is 0 Å². The van der Waals surface area contributed by atoms with E-state index in [0.717, 1.165) is 27.8 Å². The molecule has 0 aliphatic carbocycles. The average Bonchev–Trinajstić information content (AvgIpc) is 3.51. The zero-order valence-corrected chi connectivity index (χ0v) is 21.2. The number of rotatable bonds is 3. The van der Waals surface area contributed by atoms with Gasteiger partial charge in [0.15, 0.2) is 0 Å². The number of pyridine rings is 2. The van der Waals surface area contributed by atoms with Crippen LogP contribution in [0.15, 0.2) is 128 Å². The fourth-order valence-electron chi connectivity index (χ4n) is 5.51. The van der Waals surface area contributed by atoms with Gasteiger partial charge in [0.05, 0.1) is 16.6 Å². The number of hydrogen-bond donors (Lipinski definition) is 0. The van der Waals surface area contributed by atoms with Crippen LogP contribution >= 0.6 is 11.3 Å². The van der Waals surface area contributed by atoms with Gasteiger partial charge in [-0.1, -0.05) is 60.7 Å². The Morgan fingerprint density at radius 3 is 2.11 bits per heavy atom. The van der Waals surface area contributed by atoms with Gasteiger partial charge in [-0.3, -0.25) is 9.97 Å². The molecule has 4 heterocycles. The molecular formula is C34H21N3S. The molecule has 0 bridgehead atoms. The van der Waals surface area contributed by atoms with Crippen LogP contribution in [0.25, 0.3) is 70.0 Å². The maximum Gasteiger partial charge on any atom is 0.0964 e. The minimum atomic E-state index is 1.02. The van der Waals surface area contributed by atoms with E-state index in [2.05, 4.69) is 101 Å². The Labute approximate surface area is 223 Å².